The molecule has 0 bridgehead atoms. The first-order valence-electron chi connectivity index (χ1n) is 12.1. The van der Waals surface area contributed by atoms with E-state index in [1.807, 2.05) is 6.07 Å². The summed E-state index contributed by atoms with van der Waals surface area (Å²) in [5.41, 5.74) is 0.527. The lowest BCUT2D eigenvalue weighted by molar-refractivity contribution is -0.137. The van der Waals surface area contributed by atoms with Gasteiger partial charge in [0, 0.05) is 41.6 Å². The number of ether oxygens (including phenoxy) is 2. The first-order chi connectivity index (χ1) is 17.3. The van der Waals surface area contributed by atoms with E-state index in [2.05, 4.69) is 16.9 Å². The molecular formula is C28H30F4N2O3. The molecule has 0 spiro atoms. The second-order valence-corrected chi connectivity index (χ2v) is 10.3. The second-order valence-electron chi connectivity index (χ2n) is 10.3. The molecule has 198 valence electrons. The van der Waals surface area contributed by atoms with Crippen LogP contribution in [0.15, 0.2) is 36.5 Å². The maximum Gasteiger partial charge on any atom is 0.417 e. The number of hydrogen-bond donors (Lipinski definition) is 1. The van der Waals surface area contributed by atoms with Crippen LogP contribution in [-0.2, 0) is 25.6 Å². The highest BCUT2D eigenvalue weighted by Crippen LogP contribution is 2.40. The number of aryl methyl sites for hydroxylation is 1. The highest BCUT2D eigenvalue weighted by Gasteiger charge is 2.35. The zero-order chi connectivity index (χ0) is 27.0. The van der Waals surface area contributed by atoms with Crippen LogP contribution in [0.1, 0.15) is 55.1 Å². The van der Waals surface area contributed by atoms with Crippen molar-refractivity contribution in [1.82, 2.24) is 9.97 Å². The van der Waals surface area contributed by atoms with Gasteiger partial charge >= 0.3 is 6.18 Å². The Balaban J connectivity index is 1.60. The molecule has 1 aromatic carbocycles. The predicted octanol–water partition coefficient (Wildman–Crippen LogP) is 6.46. The van der Waals surface area contributed by atoms with Crippen LogP contribution < -0.4 is 9.47 Å². The third-order valence-electron chi connectivity index (χ3n) is 6.38. The van der Waals surface area contributed by atoms with Crippen LogP contribution in [-0.4, -0.2) is 27.3 Å². The van der Waals surface area contributed by atoms with Gasteiger partial charge in [-0.1, -0.05) is 6.92 Å². The minimum Gasteiger partial charge on any atom is -0.478 e. The first-order valence-corrected chi connectivity index (χ1v) is 12.1. The number of nitrogens with zero attached hydrogens (tertiary/aromatic N) is 2. The van der Waals surface area contributed by atoms with E-state index in [0.29, 0.717) is 30.0 Å². The molecule has 0 radical (unpaired) electrons. The summed E-state index contributed by atoms with van der Waals surface area (Å²) in [7, 11) is 0. The molecule has 0 amide bonds. The Labute approximate surface area is 213 Å². The van der Waals surface area contributed by atoms with Gasteiger partial charge in [-0.15, -0.1) is 0 Å². The van der Waals surface area contributed by atoms with Crippen molar-refractivity contribution in [3.05, 3.63) is 70.3 Å². The van der Waals surface area contributed by atoms with E-state index in [9.17, 15) is 22.7 Å². The Morgan fingerprint density at radius 2 is 1.73 bits per heavy atom. The van der Waals surface area contributed by atoms with E-state index in [1.165, 1.54) is 12.1 Å². The van der Waals surface area contributed by atoms with Crippen LogP contribution in [0.5, 0.6) is 11.8 Å². The Morgan fingerprint density at radius 3 is 2.41 bits per heavy atom. The summed E-state index contributed by atoms with van der Waals surface area (Å²) >= 11 is 0. The molecule has 0 unspecified atom stereocenters. The van der Waals surface area contributed by atoms with Gasteiger partial charge in [0.05, 0.1) is 17.8 Å². The average molecular weight is 519 g/mol. The van der Waals surface area contributed by atoms with Crippen LogP contribution in [0.25, 0.3) is 11.1 Å². The van der Waals surface area contributed by atoms with Crippen LogP contribution in [0.2, 0.25) is 0 Å². The Morgan fingerprint density at radius 1 is 1.00 bits per heavy atom. The van der Waals surface area contributed by atoms with Gasteiger partial charge < -0.3 is 14.6 Å². The fourth-order valence-electron chi connectivity index (χ4n) is 4.43. The molecule has 9 heteroatoms. The molecule has 5 nitrogen and oxygen atoms in total. The predicted molar refractivity (Wildman–Crippen MR) is 131 cm³/mol. The summed E-state index contributed by atoms with van der Waals surface area (Å²) in [6.45, 7) is 6.92. The summed E-state index contributed by atoms with van der Waals surface area (Å²) in [6.07, 6.45) is -0.842. The average Bonchev–Trinajstić information content (AvgIpc) is 3.16. The number of aliphatic hydroxyl groups is 1. The van der Waals surface area contributed by atoms with E-state index in [-0.39, 0.29) is 35.8 Å². The molecule has 0 fully saturated rings. The van der Waals surface area contributed by atoms with Gasteiger partial charge in [0.2, 0.25) is 11.8 Å². The highest BCUT2D eigenvalue weighted by atomic mass is 19.4. The molecule has 2 aromatic heterocycles. The minimum atomic E-state index is -4.78. The third kappa shape index (κ3) is 6.57. The first kappa shape index (κ1) is 26.9. The molecule has 0 saturated carbocycles. The maximum atomic E-state index is 14.8. The monoisotopic (exact) mass is 518 g/mol. The Bertz CT molecular complexity index is 1290. The summed E-state index contributed by atoms with van der Waals surface area (Å²) in [6, 6.07) is 6.40. The number of aromatic nitrogens is 2. The van der Waals surface area contributed by atoms with E-state index < -0.39 is 23.2 Å². The molecule has 2 heterocycles. The van der Waals surface area contributed by atoms with Crippen molar-refractivity contribution in [2.75, 3.05) is 6.61 Å². The summed E-state index contributed by atoms with van der Waals surface area (Å²) in [5, 5.41) is 9.81. The molecule has 1 atom stereocenters. The van der Waals surface area contributed by atoms with Crippen molar-refractivity contribution in [1.29, 1.82) is 0 Å². The molecule has 3 aromatic rings. The number of rotatable bonds is 8. The smallest absolute Gasteiger partial charge is 0.417 e. The van der Waals surface area contributed by atoms with E-state index in [0.717, 1.165) is 30.0 Å². The summed E-state index contributed by atoms with van der Waals surface area (Å²) in [5.74, 6) is 0.0287. The topological polar surface area (TPSA) is 64.5 Å². The standard InChI is InChI=1S/C28H30F4N2O3/c1-16-9-18-12-26(33-14-19(18)10-16)37-15-20-11-22(23(13-24(20)29)28(30,31)32)21-5-6-25(34-17(21)2)36-8-7-27(3,4)35/h5-6,11-14,16,35H,7-10,15H2,1-4H3/t16-/m0/s1. The molecule has 1 N–H and O–H groups in total. The molecule has 37 heavy (non-hydrogen) atoms. The van der Waals surface area contributed by atoms with Crippen LogP contribution in [0.3, 0.4) is 0 Å². The summed E-state index contributed by atoms with van der Waals surface area (Å²) < 4.78 is 67.6. The number of pyridine rings is 2. The molecule has 4 rings (SSSR count). The number of benzene rings is 1. The van der Waals surface area contributed by atoms with Gasteiger partial charge in [-0.25, -0.2) is 14.4 Å². The van der Waals surface area contributed by atoms with Crippen molar-refractivity contribution >= 4 is 0 Å². The van der Waals surface area contributed by atoms with Gasteiger partial charge in [0.15, 0.2) is 0 Å². The van der Waals surface area contributed by atoms with Gasteiger partial charge in [0.1, 0.15) is 12.4 Å². The third-order valence-corrected chi connectivity index (χ3v) is 6.38. The quantitative estimate of drug-likeness (QED) is 0.347. The number of fused-ring (bicyclic) bond motifs is 1. The van der Waals surface area contributed by atoms with E-state index in [4.69, 9.17) is 9.47 Å². The van der Waals surface area contributed by atoms with Gasteiger partial charge in [-0.3, -0.25) is 0 Å². The lowest BCUT2D eigenvalue weighted by Crippen LogP contribution is -2.22. The fourth-order valence-corrected chi connectivity index (χ4v) is 4.43. The van der Waals surface area contributed by atoms with E-state index in [1.54, 1.807) is 27.0 Å². The lowest BCUT2D eigenvalue weighted by atomic mass is 9.95. The van der Waals surface area contributed by atoms with Crippen LogP contribution in [0, 0.1) is 18.7 Å². The number of hydrogen-bond acceptors (Lipinski definition) is 5. The van der Waals surface area contributed by atoms with Gasteiger partial charge in [-0.2, -0.15) is 13.2 Å². The number of alkyl halides is 3. The Hall–Kier alpha value is -3.20. The molecule has 0 saturated heterocycles. The molecule has 0 aliphatic heterocycles. The van der Waals surface area contributed by atoms with Gasteiger partial charge in [0.25, 0.3) is 0 Å². The zero-order valence-corrected chi connectivity index (χ0v) is 21.2. The minimum absolute atomic E-state index is 0.0245. The Kier molecular flexibility index (Phi) is 7.46. The van der Waals surface area contributed by atoms with Crippen molar-refractivity contribution in [2.45, 2.75) is 65.3 Å². The van der Waals surface area contributed by atoms with Crippen molar-refractivity contribution < 1.29 is 32.1 Å². The highest BCUT2D eigenvalue weighted by molar-refractivity contribution is 5.71. The fraction of sp³-hybridized carbons (Fsp3) is 0.429. The lowest BCUT2D eigenvalue weighted by Gasteiger charge is -2.18. The number of halogens is 4. The van der Waals surface area contributed by atoms with Crippen molar-refractivity contribution in [2.24, 2.45) is 5.92 Å². The van der Waals surface area contributed by atoms with Gasteiger partial charge in [-0.05, 0) is 74.4 Å². The molecule has 1 aliphatic carbocycles. The normalized spacial score (nSPS) is 15.5. The zero-order valence-electron chi connectivity index (χ0n) is 21.2. The summed E-state index contributed by atoms with van der Waals surface area (Å²) in [4.78, 5) is 8.54. The molecule has 1 aliphatic rings. The second kappa shape index (κ2) is 10.3. The maximum absolute atomic E-state index is 14.8. The van der Waals surface area contributed by atoms with Crippen molar-refractivity contribution in [3.63, 3.8) is 0 Å². The van der Waals surface area contributed by atoms with Crippen molar-refractivity contribution in [3.8, 4) is 22.9 Å². The molecular weight excluding hydrogens is 488 g/mol. The SMILES string of the molecule is Cc1nc(OCCC(C)(C)O)ccc1-c1cc(COc2cc3c(cn2)C[C@@H](C)C3)c(F)cc1C(F)(F)F. The van der Waals surface area contributed by atoms with E-state index >= 15 is 0 Å². The largest absolute Gasteiger partial charge is 0.478 e. The van der Waals surface area contributed by atoms with Crippen LogP contribution >= 0.6 is 0 Å². The van der Waals surface area contributed by atoms with Crippen LogP contribution in [0.4, 0.5) is 17.6 Å².